The predicted molar refractivity (Wildman–Crippen MR) is 304 cm³/mol. The molecule has 6 bridgehead atoms. The molecule has 85 heavy (non-hydrogen) atoms. The highest BCUT2D eigenvalue weighted by Gasteiger charge is 2.37. The van der Waals surface area contributed by atoms with Gasteiger partial charge >= 0.3 is 23.9 Å². The maximum Gasteiger partial charge on any atom is 0.322 e. The first kappa shape index (κ1) is 70.4. The summed E-state index contributed by atoms with van der Waals surface area (Å²) >= 11 is 0.968. The SMILES string of the molecule is CO[C@@H]1c2coc(n2)-c2coc(n2)-c2coc(n2)C=CC[C@@H](OC)[C@@H](C)[C@@H](C[C@@H](OC)[C@H](C)CCC(=O)[C@@H](C)[C@@H](OC(C)=O)[C@H](C)/C=C/N(C)C=O)OC(=O)C[C@@H](O)C[C@@H](SC[C@@H](NC(=O)CC[C@H](N)C(=O)O)C(=O)NCC(=O)O)CC(=O)[C@H]1C. The standard InChI is InChI=1S/C57H81N7O20S/c1-30(14-16-43(68)32(3)52(83-35(6)66)31(2)18-19-64(7)29-65)46(78-9)23-47-34(5)45(77-8)12-11-13-49-61-40(26-80-49)55-63-41(27-82-55)56-62-39(25-81-56)53(79-10)33(4)44(69)22-37(20-36(67)21-51(73)84-47)85-28-42(54(74)59-24-50(71)72)60-48(70)17-15-38(58)57(75)76/h11,13,18-19,25-27,29-34,36-38,42,45-47,52-53,67H,12,14-17,20-24,28,58H2,1-10H3,(H,59,74)(H,60,70)(H,71,72)(H,75,76)/b13-11?,19-18+/t30-,31-,32-,33-,34-,36+,37-,38+,42-,45-,46-,47-,52+,53+/m1/s1. The fourth-order valence-electron chi connectivity index (χ4n) is 9.50. The summed E-state index contributed by atoms with van der Waals surface area (Å²) in [6.45, 7) is 9.17. The number of esters is 2. The highest BCUT2D eigenvalue weighted by atomic mass is 32.2. The smallest absolute Gasteiger partial charge is 0.322 e. The van der Waals surface area contributed by atoms with E-state index in [1.807, 2.05) is 13.8 Å². The van der Waals surface area contributed by atoms with Gasteiger partial charge in [0, 0.05) is 95.9 Å². The largest absolute Gasteiger partial charge is 0.480 e. The zero-order valence-electron chi connectivity index (χ0n) is 49.5. The Kier molecular flexibility index (Phi) is 28.8. The number of oxazole rings is 3. The number of nitrogens with zero attached hydrogens (tertiary/aromatic N) is 4. The van der Waals surface area contributed by atoms with E-state index in [1.54, 1.807) is 46.0 Å². The summed E-state index contributed by atoms with van der Waals surface area (Å²) in [5.74, 6) is -9.42. The van der Waals surface area contributed by atoms with Crippen molar-refractivity contribution in [2.24, 2.45) is 35.3 Å². The summed E-state index contributed by atoms with van der Waals surface area (Å²) in [5, 5.41) is 34.1. The van der Waals surface area contributed by atoms with Crippen LogP contribution in [0.3, 0.4) is 0 Å². The Morgan fingerprint density at radius 2 is 1.61 bits per heavy atom. The molecule has 1 aliphatic rings. The molecule has 0 aliphatic carbocycles. The van der Waals surface area contributed by atoms with Crippen LogP contribution in [0.1, 0.15) is 117 Å². The number of thioether (sulfide) groups is 1. The van der Waals surface area contributed by atoms with Crippen molar-refractivity contribution in [1.82, 2.24) is 30.5 Å². The van der Waals surface area contributed by atoms with Crippen LogP contribution >= 0.6 is 11.8 Å². The zero-order chi connectivity index (χ0) is 63.1. The average molecular weight is 1220 g/mol. The summed E-state index contributed by atoms with van der Waals surface area (Å²) < 4.78 is 46.8. The molecule has 3 aromatic rings. The lowest BCUT2D eigenvalue weighted by molar-refractivity contribution is -0.160. The van der Waals surface area contributed by atoms with Gasteiger partial charge in [0.2, 0.25) is 35.9 Å². The summed E-state index contributed by atoms with van der Waals surface area (Å²) in [7, 11) is 5.89. The molecule has 7 N–H and O–H groups in total. The third kappa shape index (κ3) is 22.4. The van der Waals surface area contributed by atoms with Gasteiger partial charge in [-0.25, -0.2) is 15.0 Å². The van der Waals surface area contributed by atoms with Gasteiger partial charge in [0.25, 0.3) is 0 Å². The van der Waals surface area contributed by atoms with Gasteiger partial charge in [-0.05, 0) is 37.7 Å². The van der Waals surface area contributed by atoms with Crippen LogP contribution < -0.4 is 16.4 Å². The van der Waals surface area contributed by atoms with Crippen molar-refractivity contribution >= 4 is 71.5 Å². The van der Waals surface area contributed by atoms with E-state index in [0.717, 1.165) is 11.8 Å². The van der Waals surface area contributed by atoms with E-state index in [-0.39, 0.29) is 90.7 Å². The van der Waals surface area contributed by atoms with E-state index in [2.05, 4.69) is 25.6 Å². The Bertz CT molecular complexity index is 2760. The van der Waals surface area contributed by atoms with Crippen molar-refractivity contribution in [3.63, 3.8) is 0 Å². The molecule has 0 fully saturated rings. The minimum absolute atomic E-state index is 0.0279. The van der Waals surface area contributed by atoms with Crippen LogP contribution in [-0.2, 0) is 66.8 Å². The van der Waals surface area contributed by atoms with Gasteiger partial charge in [-0.15, -0.1) is 0 Å². The maximum atomic E-state index is 14.4. The second kappa shape index (κ2) is 34.7. The number of aliphatic hydroxyl groups is 1. The number of ether oxygens (including phenoxy) is 5. The number of nitrogens with one attached hydrogen (secondary N) is 2. The molecular weight excluding hydrogens is 1130 g/mol. The quantitative estimate of drug-likeness (QED) is 0.0450. The van der Waals surface area contributed by atoms with E-state index in [1.165, 1.54) is 58.1 Å². The number of carbonyl (C=O) groups excluding carboxylic acids is 7. The van der Waals surface area contributed by atoms with Crippen LogP contribution in [0.2, 0.25) is 0 Å². The number of carboxylic acids is 2. The number of methoxy groups -OCH3 is 3. The lowest BCUT2D eigenvalue weighted by Gasteiger charge is -2.34. The number of aromatic nitrogens is 3. The van der Waals surface area contributed by atoms with Crippen molar-refractivity contribution in [2.75, 3.05) is 40.7 Å². The van der Waals surface area contributed by atoms with Crippen LogP contribution in [0, 0.1) is 29.6 Å². The third-order valence-corrected chi connectivity index (χ3v) is 16.0. The van der Waals surface area contributed by atoms with E-state index < -0.39 is 138 Å². The van der Waals surface area contributed by atoms with Crippen molar-refractivity contribution in [2.45, 2.75) is 153 Å². The summed E-state index contributed by atoms with van der Waals surface area (Å²) in [6.07, 6.45) is 4.52. The molecule has 3 amide bonds. The number of carboxylic acid groups (broad SMARTS) is 2. The monoisotopic (exact) mass is 1220 g/mol. The van der Waals surface area contributed by atoms with Crippen LogP contribution in [-0.4, -0.2) is 177 Å². The Morgan fingerprint density at radius 3 is 2.26 bits per heavy atom. The maximum absolute atomic E-state index is 14.4. The first-order chi connectivity index (χ1) is 40.3. The highest BCUT2D eigenvalue weighted by Crippen LogP contribution is 2.34. The van der Waals surface area contributed by atoms with E-state index >= 15 is 0 Å². The number of Topliss-reactive ketones (excluding diaryl/α,β-unsaturated/α-hetero) is 2. The molecule has 14 atom stereocenters. The zero-order valence-corrected chi connectivity index (χ0v) is 50.4. The summed E-state index contributed by atoms with van der Waals surface area (Å²) in [6, 6.07) is -2.82. The van der Waals surface area contributed by atoms with Gasteiger partial charge in [0.15, 0.2) is 11.4 Å². The minimum Gasteiger partial charge on any atom is -0.480 e. The van der Waals surface area contributed by atoms with Gasteiger partial charge in [-0.1, -0.05) is 46.8 Å². The average Bonchev–Trinajstić information content (AvgIpc) is 4.49. The first-order valence-corrected chi connectivity index (χ1v) is 28.8. The molecule has 1 aliphatic heterocycles. The number of ketones is 2. The van der Waals surface area contributed by atoms with Gasteiger partial charge in [-0.3, -0.25) is 43.2 Å². The van der Waals surface area contributed by atoms with E-state index in [4.69, 9.17) is 42.7 Å². The van der Waals surface area contributed by atoms with Gasteiger partial charge in [-0.2, -0.15) is 11.8 Å². The molecule has 0 saturated carbocycles. The molecule has 28 heteroatoms. The van der Waals surface area contributed by atoms with E-state index in [9.17, 15) is 58.5 Å². The number of hydrogen-bond acceptors (Lipinski definition) is 23. The molecule has 0 spiro atoms. The molecule has 4 heterocycles. The van der Waals surface area contributed by atoms with Gasteiger partial charge < -0.3 is 73.5 Å². The molecule has 4 rings (SSSR count). The number of cyclic esters (lactones) is 1. The predicted octanol–water partition coefficient (Wildman–Crippen LogP) is 4.56. The number of nitrogens with two attached hydrogens (primary N) is 1. The van der Waals surface area contributed by atoms with Crippen LogP contribution in [0.15, 0.2) is 50.4 Å². The molecule has 470 valence electrons. The molecule has 27 nitrogen and oxygen atoms in total. The van der Waals surface area contributed by atoms with Crippen molar-refractivity contribution in [3.05, 3.63) is 48.7 Å². The second-order valence-corrected chi connectivity index (χ2v) is 22.5. The van der Waals surface area contributed by atoms with Crippen LogP contribution in [0.25, 0.3) is 29.2 Å². The second-order valence-electron chi connectivity index (χ2n) is 21.2. The van der Waals surface area contributed by atoms with Crippen LogP contribution in [0.4, 0.5) is 0 Å². The molecule has 0 saturated heterocycles. The molecule has 3 aromatic heterocycles. The van der Waals surface area contributed by atoms with E-state index in [0.29, 0.717) is 12.8 Å². The highest BCUT2D eigenvalue weighted by molar-refractivity contribution is 8.00. The number of rotatable bonds is 27. The summed E-state index contributed by atoms with van der Waals surface area (Å²) in [5.41, 5.74) is 6.24. The lowest BCUT2D eigenvalue weighted by atomic mass is 9.84. The number of fused-ring (bicyclic) bond motifs is 8. The number of aliphatic carboxylic acids is 2. The lowest BCUT2D eigenvalue weighted by Crippen LogP contribution is -2.49. The molecule has 0 radical (unpaired) electrons. The van der Waals surface area contributed by atoms with Crippen LogP contribution in [0.5, 0.6) is 0 Å². The molecule has 0 aromatic carbocycles. The number of carbonyl (C=O) groups is 9. The topological polar surface area (TPSA) is 392 Å². The fraction of sp³-hybridized carbons (Fsp3) is 0.614. The fourth-order valence-corrected chi connectivity index (χ4v) is 10.8. The van der Waals surface area contributed by atoms with Crippen molar-refractivity contribution in [1.29, 1.82) is 0 Å². The molecule has 0 unspecified atom stereocenters. The Balaban J connectivity index is 1.70. The number of amides is 3. The van der Waals surface area contributed by atoms with Crippen molar-refractivity contribution < 1.29 is 95.4 Å². The molecular formula is C57H81N7O20S. The van der Waals surface area contributed by atoms with Gasteiger partial charge in [0.05, 0.1) is 30.7 Å². The van der Waals surface area contributed by atoms with Crippen molar-refractivity contribution in [3.8, 4) is 23.2 Å². The Hall–Kier alpha value is -7.11. The first-order valence-electron chi connectivity index (χ1n) is 27.8. The Morgan fingerprint density at radius 1 is 0.929 bits per heavy atom. The number of aliphatic hydroxyl groups excluding tert-OH is 1. The summed E-state index contributed by atoms with van der Waals surface area (Å²) in [4.78, 5) is 130. The Labute approximate surface area is 496 Å². The third-order valence-electron chi connectivity index (χ3n) is 14.7. The van der Waals surface area contributed by atoms with Gasteiger partial charge in [0.1, 0.15) is 73.0 Å². The number of hydrogen-bond donors (Lipinski definition) is 6. The minimum atomic E-state index is -1.48. The normalized spacial score (nSPS) is 22.5.